The van der Waals surface area contributed by atoms with Crippen LogP contribution in [0.1, 0.15) is 21.4 Å². The van der Waals surface area contributed by atoms with Gasteiger partial charge in [0.15, 0.2) is 0 Å². The third kappa shape index (κ3) is 4.27. The van der Waals surface area contributed by atoms with E-state index in [9.17, 15) is 13.2 Å². The normalized spacial score (nSPS) is 21.7. The Balaban J connectivity index is 0.00000208. The fraction of sp³-hybridized carbons (Fsp3) is 0.438. The highest BCUT2D eigenvalue weighted by Crippen LogP contribution is 2.36. The molecule has 1 aromatic heterocycles. The van der Waals surface area contributed by atoms with Crippen molar-refractivity contribution in [3.05, 3.63) is 52.0 Å². The molecule has 3 nitrogen and oxygen atoms in total. The predicted octanol–water partition coefficient (Wildman–Crippen LogP) is 3.76. The monoisotopic (exact) mass is 377 g/mol. The van der Waals surface area contributed by atoms with Crippen molar-refractivity contribution >= 4 is 23.7 Å². The van der Waals surface area contributed by atoms with E-state index >= 15 is 0 Å². The van der Waals surface area contributed by atoms with Gasteiger partial charge in [0, 0.05) is 19.0 Å². The van der Waals surface area contributed by atoms with Gasteiger partial charge in [-0.15, -0.1) is 23.7 Å². The molecule has 2 atom stereocenters. The lowest BCUT2D eigenvalue weighted by Crippen LogP contribution is -2.23. The smallest absolute Gasteiger partial charge is 0.330 e. The van der Waals surface area contributed by atoms with Crippen LogP contribution in [0.25, 0.3) is 0 Å². The van der Waals surface area contributed by atoms with Crippen LogP contribution >= 0.6 is 23.7 Å². The summed E-state index contributed by atoms with van der Waals surface area (Å²) in [4.78, 5) is 5.43. The first-order valence-electron chi connectivity index (χ1n) is 7.46. The molecule has 0 radical (unpaired) electrons. The topological polar surface area (TPSA) is 42.1 Å². The number of thiazole rings is 1. The largest absolute Gasteiger partial charge is 0.427 e. The second-order valence-corrected chi connectivity index (χ2v) is 6.94. The predicted molar refractivity (Wildman–Crippen MR) is 91.4 cm³/mol. The summed E-state index contributed by atoms with van der Waals surface area (Å²) in [5, 5.41) is 0.502. The SMILES string of the molecule is Cl.NC[C@@H]1CN(Cc2ncc(C(F)(F)F)s2)C[C@H]1c1ccccc1. The molecule has 1 aliphatic heterocycles. The highest BCUT2D eigenvalue weighted by atomic mass is 35.5. The number of nitrogens with zero attached hydrogens (tertiary/aromatic N) is 2. The average molecular weight is 378 g/mol. The molecule has 0 saturated carbocycles. The van der Waals surface area contributed by atoms with Crippen LogP contribution in [0.5, 0.6) is 0 Å². The number of aromatic nitrogens is 1. The van der Waals surface area contributed by atoms with Gasteiger partial charge in [-0.05, 0) is 18.0 Å². The van der Waals surface area contributed by atoms with Crippen LogP contribution in [-0.2, 0) is 12.7 Å². The number of rotatable bonds is 4. The van der Waals surface area contributed by atoms with Crippen LogP contribution in [0.3, 0.4) is 0 Å². The summed E-state index contributed by atoms with van der Waals surface area (Å²) < 4.78 is 38.0. The molecule has 0 unspecified atom stereocenters. The van der Waals surface area contributed by atoms with Crippen LogP contribution in [0, 0.1) is 5.92 Å². The molecule has 3 rings (SSSR count). The third-order valence-corrected chi connectivity index (χ3v) is 5.27. The number of benzene rings is 1. The molecule has 1 saturated heterocycles. The van der Waals surface area contributed by atoms with Crippen molar-refractivity contribution in [2.24, 2.45) is 11.7 Å². The van der Waals surface area contributed by atoms with Gasteiger partial charge in [0.05, 0.1) is 12.7 Å². The molecule has 132 valence electrons. The molecule has 24 heavy (non-hydrogen) atoms. The van der Waals surface area contributed by atoms with Gasteiger partial charge in [-0.1, -0.05) is 30.3 Å². The summed E-state index contributed by atoms with van der Waals surface area (Å²) in [6.07, 6.45) is -3.39. The van der Waals surface area contributed by atoms with Gasteiger partial charge in [-0.3, -0.25) is 4.90 Å². The average Bonchev–Trinajstić information content (AvgIpc) is 3.15. The summed E-state index contributed by atoms with van der Waals surface area (Å²) in [6, 6.07) is 10.1. The van der Waals surface area contributed by atoms with Crippen LogP contribution in [0.15, 0.2) is 36.5 Å². The number of halogens is 4. The lowest BCUT2D eigenvalue weighted by molar-refractivity contribution is -0.134. The number of likely N-dealkylation sites (tertiary alicyclic amines) is 1. The zero-order chi connectivity index (χ0) is 16.4. The third-order valence-electron chi connectivity index (χ3n) is 4.24. The van der Waals surface area contributed by atoms with Crippen molar-refractivity contribution in [3.8, 4) is 0 Å². The Morgan fingerprint density at radius 3 is 2.50 bits per heavy atom. The molecular weight excluding hydrogens is 359 g/mol. The van der Waals surface area contributed by atoms with Crippen LogP contribution in [0.2, 0.25) is 0 Å². The molecule has 1 aromatic carbocycles. The van der Waals surface area contributed by atoms with E-state index < -0.39 is 11.1 Å². The van der Waals surface area contributed by atoms with Crippen molar-refractivity contribution in [2.45, 2.75) is 18.6 Å². The van der Waals surface area contributed by atoms with Crippen molar-refractivity contribution in [1.29, 1.82) is 0 Å². The highest BCUT2D eigenvalue weighted by molar-refractivity contribution is 7.11. The molecule has 1 fully saturated rings. The first-order valence-corrected chi connectivity index (χ1v) is 8.28. The molecule has 0 aliphatic carbocycles. The van der Waals surface area contributed by atoms with Gasteiger partial charge < -0.3 is 5.73 Å². The molecular formula is C16H19ClF3N3S. The van der Waals surface area contributed by atoms with Crippen LogP contribution in [0.4, 0.5) is 13.2 Å². The maximum absolute atomic E-state index is 12.7. The molecule has 0 bridgehead atoms. The van der Waals surface area contributed by atoms with Crippen molar-refractivity contribution in [3.63, 3.8) is 0 Å². The summed E-state index contributed by atoms with van der Waals surface area (Å²) >= 11 is 0.724. The van der Waals surface area contributed by atoms with E-state index in [1.165, 1.54) is 5.56 Å². The standard InChI is InChI=1S/C16H18F3N3S.ClH/c17-16(18,19)14-7-21-15(23-14)10-22-8-12(6-20)13(9-22)11-4-2-1-3-5-11;/h1-5,7,12-13H,6,8-10,20H2;1H/t12-,13+;/m1./s1. The molecule has 0 spiro atoms. The lowest BCUT2D eigenvalue weighted by atomic mass is 9.89. The van der Waals surface area contributed by atoms with Crippen molar-refractivity contribution < 1.29 is 13.2 Å². The molecule has 1 aliphatic rings. The van der Waals surface area contributed by atoms with Gasteiger partial charge in [-0.2, -0.15) is 13.2 Å². The second-order valence-electron chi connectivity index (χ2n) is 5.82. The zero-order valence-electron chi connectivity index (χ0n) is 12.9. The Morgan fingerprint density at radius 2 is 1.92 bits per heavy atom. The summed E-state index contributed by atoms with van der Waals surface area (Å²) in [5.74, 6) is 0.641. The Kier molecular flexibility index (Phi) is 6.25. The van der Waals surface area contributed by atoms with E-state index in [0.29, 0.717) is 29.9 Å². The van der Waals surface area contributed by atoms with Gasteiger partial charge in [0.25, 0.3) is 0 Å². The van der Waals surface area contributed by atoms with Gasteiger partial charge in [0.1, 0.15) is 9.88 Å². The van der Waals surface area contributed by atoms with E-state index in [4.69, 9.17) is 5.73 Å². The van der Waals surface area contributed by atoms with Crippen molar-refractivity contribution in [2.75, 3.05) is 19.6 Å². The first-order chi connectivity index (χ1) is 11.0. The van der Waals surface area contributed by atoms with E-state index in [2.05, 4.69) is 22.0 Å². The molecule has 2 heterocycles. The fourth-order valence-electron chi connectivity index (χ4n) is 3.11. The summed E-state index contributed by atoms with van der Waals surface area (Å²) in [7, 11) is 0. The highest BCUT2D eigenvalue weighted by Gasteiger charge is 2.35. The van der Waals surface area contributed by atoms with E-state index in [1.807, 2.05) is 18.2 Å². The maximum atomic E-state index is 12.7. The quantitative estimate of drug-likeness (QED) is 0.882. The summed E-state index contributed by atoms with van der Waals surface area (Å²) in [5.41, 5.74) is 7.13. The Hall–Kier alpha value is -1.15. The molecule has 2 N–H and O–H groups in total. The minimum atomic E-state index is -4.31. The van der Waals surface area contributed by atoms with Crippen LogP contribution < -0.4 is 5.73 Å². The number of alkyl halides is 3. The van der Waals surface area contributed by atoms with E-state index in [1.54, 1.807) is 0 Å². The van der Waals surface area contributed by atoms with Gasteiger partial charge in [-0.25, -0.2) is 4.98 Å². The first kappa shape index (κ1) is 19.2. The Bertz CT molecular complexity index is 648. The fourth-order valence-corrected chi connectivity index (χ4v) is 3.94. The Labute approximate surface area is 149 Å². The maximum Gasteiger partial charge on any atom is 0.427 e. The molecule has 8 heteroatoms. The van der Waals surface area contributed by atoms with Crippen LogP contribution in [-0.4, -0.2) is 29.5 Å². The minimum absolute atomic E-state index is 0. The van der Waals surface area contributed by atoms with Gasteiger partial charge >= 0.3 is 6.18 Å². The number of hydrogen-bond acceptors (Lipinski definition) is 4. The van der Waals surface area contributed by atoms with Crippen molar-refractivity contribution in [1.82, 2.24) is 9.88 Å². The second kappa shape index (κ2) is 7.82. The molecule has 0 amide bonds. The molecule has 2 aromatic rings. The van der Waals surface area contributed by atoms with Gasteiger partial charge in [0.2, 0.25) is 0 Å². The lowest BCUT2D eigenvalue weighted by Gasteiger charge is -2.16. The van der Waals surface area contributed by atoms with E-state index in [0.717, 1.165) is 30.6 Å². The minimum Gasteiger partial charge on any atom is -0.330 e. The number of nitrogens with two attached hydrogens (primary N) is 1. The summed E-state index contributed by atoms with van der Waals surface area (Å²) in [6.45, 7) is 2.60. The Morgan fingerprint density at radius 1 is 1.21 bits per heavy atom. The number of hydrogen-bond donors (Lipinski definition) is 1. The van der Waals surface area contributed by atoms with E-state index in [-0.39, 0.29) is 12.4 Å². The zero-order valence-corrected chi connectivity index (χ0v) is 14.5.